The Labute approximate surface area is 58.7 Å². The second-order valence-electron chi connectivity index (χ2n) is 0.945. The van der Waals surface area contributed by atoms with E-state index in [9.17, 15) is 0 Å². The molecule has 0 aliphatic rings. The van der Waals surface area contributed by atoms with E-state index in [0.29, 0.717) is 9.61 Å². The van der Waals surface area contributed by atoms with Crippen LogP contribution in [0, 0.1) is 6.88 Å². The Morgan fingerprint density at radius 3 is 3.43 bits per heavy atom. The van der Waals surface area contributed by atoms with Gasteiger partial charge in [0.05, 0.1) is 6.38 Å². The summed E-state index contributed by atoms with van der Waals surface area (Å²) >= 11 is 4.09. The Kier molecular flexibility index (Phi) is 0.713. The number of aromatic nitrogens is 1. The van der Waals surface area contributed by atoms with E-state index >= 15 is 0 Å². The third-order valence-electron chi connectivity index (χ3n) is 0.448. The van der Waals surface area contributed by atoms with Gasteiger partial charge in [0.15, 0.2) is 0 Å². The summed E-state index contributed by atoms with van der Waals surface area (Å²) in [4.78, 5) is 3.78. The van der Waals surface area contributed by atoms with Gasteiger partial charge >= 0.3 is 0 Å². The van der Waals surface area contributed by atoms with Crippen molar-refractivity contribution < 1.29 is 4.11 Å². The highest BCUT2D eigenvalue weighted by atomic mass is 79.9. The minimum Gasteiger partial charge on any atom is -0.235 e. The number of halogens is 1. The average Bonchev–Trinajstić information content (AvgIpc) is 2.13. The molecule has 7 heavy (non-hydrogen) atoms. The lowest BCUT2D eigenvalue weighted by molar-refractivity contribution is 1.26. The summed E-state index contributed by atoms with van der Waals surface area (Å²) in [6, 6.07) is 0. The van der Waals surface area contributed by atoms with Crippen LogP contribution in [0.4, 0.5) is 0 Å². The first-order valence-corrected chi connectivity index (χ1v) is 3.19. The molecule has 38 valence electrons. The van der Waals surface area contributed by atoms with Crippen LogP contribution in [0.2, 0.25) is 0 Å². The fraction of sp³-hybridized carbons (Fsp3) is 0.250. The Hall–Kier alpha value is 0.110. The second-order valence-corrected chi connectivity index (χ2v) is 2.52. The summed E-state index contributed by atoms with van der Waals surface area (Å²) in [5.74, 6) is 0. The molecule has 0 fully saturated rings. The third kappa shape index (κ3) is 1.24. The molecule has 3 heteroatoms. The summed E-state index contributed by atoms with van der Waals surface area (Å²) in [6.07, 6.45) is 0. The molecule has 1 rings (SSSR count). The third-order valence-corrected chi connectivity index (χ3v) is 1.68. The SMILES string of the molecule is [2H]c1sc(C([2H])[2H])nc1Br. The fourth-order valence-electron chi connectivity index (χ4n) is 0.237. The van der Waals surface area contributed by atoms with Crippen LogP contribution in [0.5, 0.6) is 0 Å². The molecule has 1 aromatic rings. The van der Waals surface area contributed by atoms with Crippen molar-refractivity contribution in [2.45, 2.75) is 6.88 Å². The second kappa shape index (κ2) is 1.92. The molecule has 0 saturated heterocycles. The highest BCUT2D eigenvalue weighted by Gasteiger charge is 1.87. The monoisotopic (exact) mass is 180 g/mol. The van der Waals surface area contributed by atoms with Crippen molar-refractivity contribution in [3.8, 4) is 0 Å². The number of aryl methyl sites for hydroxylation is 1. The molecule has 0 aliphatic carbocycles. The van der Waals surface area contributed by atoms with Gasteiger partial charge in [0.1, 0.15) is 4.60 Å². The van der Waals surface area contributed by atoms with Crippen molar-refractivity contribution in [2.75, 3.05) is 0 Å². The van der Waals surface area contributed by atoms with Gasteiger partial charge in [-0.1, -0.05) is 0 Å². The van der Waals surface area contributed by atoms with Crippen molar-refractivity contribution in [1.29, 1.82) is 0 Å². The lowest BCUT2D eigenvalue weighted by atomic mass is 10.8. The van der Waals surface area contributed by atoms with E-state index in [2.05, 4.69) is 20.9 Å². The number of nitrogens with zero attached hydrogens (tertiary/aromatic N) is 1. The van der Waals surface area contributed by atoms with Crippen LogP contribution in [0.3, 0.4) is 0 Å². The van der Waals surface area contributed by atoms with E-state index in [1.54, 1.807) is 0 Å². The Morgan fingerprint density at radius 1 is 2.29 bits per heavy atom. The zero-order valence-electron chi connectivity index (χ0n) is 6.31. The van der Waals surface area contributed by atoms with Gasteiger partial charge in [-0.25, -0.2) is 4.98 Å². The quantitative estimate of drug-likeness (QED) is 0.597. The van der Waals surface area contributed by atoms with Crippen LogP contribution >= 0.6 is 27.3 Å². The molecule has 0 amide bonds. The summed E-state index contributed by atoms with van der Waals surface area (Å²) in [6.45, 7) is -1.07. The van der Waals surface area contributed by atoms with E-state index in [1.165, 1.54) is 0 Å². The molecular weight excluding hydrogens is 174 g/mol. The van der Waals surface area contributed by atoms with Crippen molar-refractivity contribution in [3.63, 3.8) is 0 Å². The van der Waals surface area contributed by atoms with E-state index in [1.807, 2.05) is 0 Å². The van der Waals surface area contributed by atoms with Crippen molar-refractivity contribution in [1.82, 2.24) is 4.98 Å². The maximum Gasteiger partial charge on any atom is 0.117 e. The van der Waals surface area contributed by atoms with E-state index in [-0.39, 0.29) is 5.36 Å². The van der Waals surface area contributed by atoms with Gasteiger partial charge in [0.25, 0.3) is 0 Å². The van der Waals surface area contributed by atoms with Crippen LogP contribution in [-0.4, -0.2) is 4.98 Å². The predicted molar refractivity (Wildman–Crippen MR) is 34.6 cm³/mol. The zero-order valence-corrected chi connectivity index (χ0v) is 5.71. The number of hydrogen-bond acceptors (Lipinski definition) is 2. The molecule has 0 unspecified atom stereocenters. The highest BCUT2D eigenvalue weighted by molar-refractivity contribution is 9.10. The van der Waals surface area contributed by atoms with Crippen LogP contribution in [0.1, 0.15) is 9.12 Å². The molecule has 0 aliphatic heterocycles. The van der Waals surface area contributed by atoms with Gasteiger partial charge in [-0.2, -0.15) is 0 Å². The predicted octanol–water partition coefficient (Wildman–Crippen LogP) is 2.21. The Balaban J connectivity index is 2.98. The smallest absolute Gasteiger partial charge is 0.117 e. The molecule has 0 N–H and O–H groups in total. The maximum atomic E-state index is 7.18. The molecule has 0 saturated carbocycles. The summed E-state index contributed by atoms with van der Waals surface area (Å²) in [5, 5.41) is 0.636. The minimum atomic E-state index is -1.07. The summed E-state index contributed by atoms with van der Waals surface area (Å²) in [5.41, 5.74) is 0. The molecule has 0 bridgehead atoms. The molecule has 0 aromatic carbocycles. The first kappa shape index (κ1) is 2.60. The molecule has 1 aromatic heterocycles. The molecular formula is C4H4BrNS. The van der Waals surface area contributed by atoms with Gasteiger partial charge in [0.2, 0.25) is 0 Å². The van der Waals surface area contributed by atoms with Gasteiger partial charge in [0, 0.05) is 8.10 Å². The lowest BCUT2D eigenvalue weighted by Crippen LogP contribution is -1.61. The Morgan fingerprint density at radius 2 is 3.14 bits per heavy atom. The van der Waals surface area contributed by atoms with Crippen LogP contribution in [-0.2, 0) is 0 Å². The minimum absolute atomic E-state index is 0.277. The molecule has 0 atom stereocenters. The molecule has 0 spiro atoms. The van der Waals surface area contributed by atoms with Crippen LogP contribution in [0.25, 0.3) is 0 Å². The van der Waals surface area contributed by atoms with E-state index in [4.69, 9.17) is 4.11 Å². The standard InChI is InChI=1S/C4H4BrNS/c1-3-6-4(5)2-7-3/h2H,1H3/i1D2,2D. The van der Waals surface area contributed by atoms with Crippen molar-refractivity contribution in [2.24, 2.45) is 0 Å². The van der Waals surface area contributed by atoms with Gasteiger partial charge < -0.3 is 0 Å². The van der Waals surface area contributed by atoms with E-state index in [0.717, 1.165) is 11.3 Å². The number of hydrogen-bond donors (Lipinski definition) is 0. The fourth-order valence-corrected chi connectivity index (χ4v) is 1.16. The first-order valence-electron chi connectivity index (χ1n) is 3.24. The van der Waals surface area contributed by atoms with Crippen LogP contribution < -0.4 is 0 Å². The topological polar surface area (TPSA) is 12.9 Å². The number of thiazole rings is 1. The van der Waals surface area contributed by atoms with Gasteiger partial charge in [-0.3, -0.25) is 0 Å². The molecule has 0 radical (unpaired) electrons. The average molecular weight is 181 g/mol. The molecule has 1 nitrogen and oxygen atoms in total. The first-order chi connectivity index (χ1) is 4.61. The lowest BCUT2D eigenvalue weighted by Gasteiger charge is -1.69. The highest BCUT2D eigenvalue weighted by Crippen LogP contribution is 2.12. The Bertz CT molecular complexity index is 217. The van der Waals surface area contributed by atoms with Gasteiger partial charge in [-0.05, 0) is 22.8 Å². The normalized spacial score (nSPS) is 16.0. The largest absolute Gasteiger partial charge is 0.235 e. The maximum absolute atomic E-state index is 7.18. The van der Waals surface area contributed by atoms with Crippen LogP contribution in [0.15, 0.2) is 9.96 Å². The summed E-state index contributed by atoms with van der Waals surface area (Å²) in [7, 11) is 0. The summed E-state index contributed by atoms with van der Waals surface area (Å²) < 4.78 is 21.5. The van der Waals surface area contributed by atoms with Crippen molar-refractivity contribution in [3.05, 3.63) is 15.0 Å². The number of rotatable bonds is 0. The van der Waals surface area contributed by atoms with Crippen molar-refractivity contribution >= 4 is 27.3 Å². The van der Waals surface area contributed by atoms with E-state index < -0.39 is 6.88 Å². The zero-order chi connectivity index (χ0) is 7.72. The molecule has 1 heterocycles. The van der Waals surface area contributed by atoms with Gasteiger partial charge in [-0.15, -0.1) is 11.3 Å².